The second-order valence-corrected chi connectivity index (χ2v) is 4.59. The summed E-state index contributed by atoms with van der Waals surface area (Å²) in [5.41, 5.74) is 0.789. The Balaban J connectivity index is 2.47. The summed E-state index contributed by atoms with van der Waals surface area (Å²) in [6, 6.07) is 7.41. The van der Waals surface area contributed by atoms with Crippen LogP contribution in [0.4, 0.5) is 5.69 Å². The molecular formula is C13H18BrNO2. The van der Waals surface area contributed by atoms with Crippen LogP contribution in [0.3, 0.4) is 0 Å². The highest BCUT2D eigenvalue weighted by atomic mass is 79.9. The average Bonchev–Trinajstić information content (AvgIpc) is 2.32. The molecule has 0 aliphatic rings. The molecule has 0 aromatic heterocycles. The van der Waals surface area contributed by atoms with Crippen molar-refractivity contribution in [3.8, 4) is 5.75 Å². The van der Waals surface area contributed by atoms with Crippen LogP contribution in [0.25, 0.3) is 0 Å². The first kappa shape index (κ1) is 14.0. The van der Waals surface area contributed by atoms with Crippen LogP contribution in [0.5, 0.6) is 5.75 Å². The molecule has 0 aliphatic heterocycles. The molecule has 1 amide bonds. The third-order valence-electron chi connectivity index (χ3n) is 2.46. The molecule has 1 atom stereocenters. The van der Waals surface area contributed by atoms with Crippen molar-refractivity contribution in [2.24, 2.45) is 5.92 Å². The lowest BCUT2D eigenvalue weighted by atomic mass is 10.1. The van der Waals surface area contributed by atoms with Gasteiger partial charge < -0.3 is 10.1 Å². The molecule has 0 spiro atoms. The zero-order valence-electron chi connectivity index (χ0n) is 10.2. The molecule has 4 heteroatoms. The number of amides is 1. The second kappa shape index (κ2) is 7.33. The molecule has 1 aromatic rings. The number of carbonyl (C=O) groups excluding carboxylic acids is 1. The number of hydrogen-bond donors (Lipinski definition) is 1. The third-order valence-corrected chi connectivity index (χ3v) is 3.37. The molecule has 1 unspecified atom stereocenters. The van der Waals surface area contributed by atoms with E-state index in [4.69, 9.17) is 4.74 Å². The molecule has 0 saturated heterocycles. The van der Waals surface area contributed by atoms with E-state index in [9.17, 15) is 4.79 Å². The molecule has 0 heterocycles. The van der Waals surface area contributed by atoms with Gasteiger partial charge in [-0.25, -0.2) is 0 Å². The largest absolute Gasteiger partial charge is 0.493 e. The van der Waals surface area contributed by atoms with Crippen molar-refractivity contribution in [1.82, 2.24) is 0 Å². The van der Waals surface area contributed by atoms with Crippen molar-refractivity contribution in [3.05, 3.63) is 24.3 Å². The predicted octanol–water partition coefficient (Wildman–Crippen LogP) is 3.44. The molecule has 1 rings (SSSR count). The van der Waals surface area contributed by atoms with Gasteiger partial charge in [-0.05, 0) is 30.7 Å². The van der Waals surface area contributed by atoms with E-state index in [-0.39, 0.29) is 5.91 Å². The number of hydrogen-bond acceptors (Lipinski definition) is 2. The average molecular weight is 300 g/mol. The van der Waals surface area contributed by atoms with E-state index < -0.39 is 0 Å². The highest BCUT2D eigenvalue weighted by Crippen LogP contribution is 2.17. The van der Waals surface area contributed by atoms with Gasteiger partial charge in [0.25, 0.3) is 0 Å². The maximum absolute atomic E-state index is 10.8. The molecule has 17 heavy (non-hydrogen) atoms. The monoisotopic (exact) mass is 299 g/mol. The maximum Gasteiger partial charge on any atom is 0.221 e. The number of nitrogens with one attached hydrogen (secondary N) is 1. The lowest BCUT2D eigenvalue weighted by Gasteiger charge is -2.13. The van der Waals surface area contributed by atoms with Crippen molar-refractivity contribution in [2.45, 2.75) is 20.3 Å². The Kier molecular flexibility index (Phi) is 6.05. The maximum atomic E-state index is 10.8. The fraction of sp³-hybridized carbons (Fsp3) is 0.462. The normalized spacial score (nSPS) is 11.9. The van der Waals surface area contributed by atoms with Crippen molar-refractivity contribution in [2.75, 3.05) is 17.3 Å². The quantitative estimate of drug-likeness (QED) is 0.817. The third kappa shape index (κ3) is 5.22. The molecule has 0 saturated carbocycles. The van der Waals surface area contributed by atoms with Crippen LogP contribution in [-0.4, -0.2) is 17.8 Å². The molecule has 1 aromatic carbocycles. The second-order valence-electron chi connectivity index (χ2n) is 3.95. The number of rotatable bonds is 6. The Hall–Kier alpha value is -1.03. The summed E-state index contributed by atoms with van der Waals surface area (Å²) in [6.07, 6.45) is 1.09. The minimum absolute atomic E-state index is 0.0657. The molecule has 94 valence electrons. The Morgan fingerprint density at radius 2 is 2.06 bits per heavy atom. The molecule has 0 fully saturated rings. The summed E-state index contributed by atoms with van der Waals surface area (Å²) in [5.74, 6) is 1.30. The lowest BCUT2D eigenvalue weighted by Crippen LogP contribution is -2.12. The first-order valence-electron chi connectivity index (χ1n) is 5.72. The Bertz CT molecular complexity index is 347. The highest BCUT2D eigenvalue weighted by molar-refractivity contribution is 9.09. The van der Waals surface area contributed by atoms with E-state index in [0.717, 1.165) is 23.2 Å². The van der Waals surface area contributed by atoms with Gasteiger partial charge in [0.05, 0.1) is 6.61 Å². The van der Waals surface area contributed by atoms with Crippen molar-refractivity contribution in [3.63, 3.8) is 0 Å². The van der Waals surface area contributed by atoms with Crippen molar-refractivity contribution in [1.29, 1.82) is 0 Å². The van der Waals surface area contributed by atoms with Crippen LogP contribution in [0, 0.1) is 5.92 Å². The molecule has 0 radical (unpaired) electrons. The number of halogens is 1. The van der Waals surface area contributed by atoms with Crippen molar-refractivity contribution < 1.29 is 9.53 Å². The smallest absolute Gasteiger partial charge is 0.221 e. The molecule has 3 nitrogen and oxygen atoms in total. The first-order valence-corrected chi connectivity index (χ1v) is 6.84. The number of ether oxygens (including phenoxy) is 1. The zero-order valence-corrected chi connectivity index (χ0v) is 11.8. The Morgan fingerprint density at radius 1 is 1.41 bits per heavy atom. The van der Waals surface area contributed by atoms with Gasteiger partial charge >= 0.3 is 0 Å². The van der Waals surface area contributed by atoms with E-state index in [1.165, 1.54) is 6.92 Å². The number of anilines is 1. The minimum atomic E-state index is -0.0657. The van der Waals surface area contributed by atoms with Crippen molar-refractivity contribution >= 4 is 27.5 Å². The number of benzene rings is 1. The van der Waals surface area contributed by atoms with E-state index in [0.29, 0.717) is 12.5 Å². The van der Waals surface area contributed by atoms with Crippen LogP contribution in [0.15, 0.2) is 24.3 Å². The van der Waals surface area contributed by atoms with Crippen LogP contribution >= 0.6 is 15.9 Å². The summed E-state index contributed by atoms with van der Waals surface area (Å²) in [6.45, 7) is 4.35. The van der Waals surface area contributed by atoms with E-state index in [1.807, 2.05) is 24.3 Å². The Morgan fingerprint density at radius 3 is 2.53 bits per heavy atom. The fourth-order valence-corrected chi connectivity index (χ4v) is 1.97. The van der Waals surface area contributed by atoms with Crippen LogP contribution in [0.1, 0.15) is 20.3 Å². The van der Waals surface area contributed by atoms with E-state index >= 15 is 0 Å². The van der Waals surface area contributed by atoms with Gasteiger partial charge in [0.2, 0.25) is 5.91 Å². The van der Waals surface area contributed by atoms with Crippen LogP contribution in [-0.2, 0) is 4.79 Å². The van der Waals surface area contributed by atoms with Gasteiger partial charge in [0, 0.05) is 23.9 Å². The first-order chi connectivity index (χ1) is 8.15. The standard InChI is InChI=1S/C13H18BrNO2/c1-3-11(8-14)9-17-13-6-4-12(5-7-13)15-10(2)16/h4-7,11H,3,8-9H2,1-2H3,(H,15,16). The summed E-state index contributed by atoms with van der Waals surface area (Å²) in [4.78, 5) is 10.8. The van der Waals surface area contributed by atoms with E-state index in [2.05, 4.69) is 28.2 Å². The van der Waals surface area contributed by atoms with Gasteiger partial charge in [0.1, 0.15) is 5.75 Å². The highest BCUT2D eigenvalue weighted by Gasteiger charge is 2.05. The fourth-order valence-electron chi connectivity index (χ4n) is 1.32. The molecule has 1 N–H and O–H groups in total. The summed E-state index contributed by atoms with van der Waals surface area (Å²) >= 11 is 3.46. The van der Waals surface area contributed by atoms with Gasteiger partial charge in [-0.2, -0.15) is 0 Å². The van der Waals surface area contributed by atoms with Gasteiger partial charge in [0.15, 0.2) is 0 Å². The predicted molar refractivity (Wildman–Crippen MR) is 73.8 cm³/mol. The Labute approximate surface area is 111 Å². The topological polar surface area (TPSA) is 38.3 Å². The number of carbonyl (C=O) groups is 1. The summed E-state index contributed by atoms with van der Waals surface area (Å²) in [7, 11) is 0. The molecule has 0 aliphatic carbocycles. The SMILES string of the molecule is CCC(CBr)COc1ccc(NC(C)=O)cc1. The van der Waals surface area contributed by atoms with Crippen LogP contribution in [0.2, 0.25) is 0 Å². The molecule has 0 bridgehead atoms. The zero-order chi connectivity index (χ0) is 12.7. The van der Waals surface area contributed by atoms with Crippen LogP contribution < -0.4 is 10.1 Å². The van der Waals surface area contributed by atoms with Gasteiger partial charge in [-0.1, -0.05) is 22.9 Å². The minimum Gasteiger partial charge on any atom is -0.493 e. The van der Waals surface area contributed by atoms with E-state index in [1.54, 1.807) is 0 Å². The number of alkyl halides is 1. The summed E-state index contributed by atoms with van der Waals surface area (Å²) in [5, 5.41) is 3.67. The molecular weight excluding hydrogens is 282 g/mol. The lowest BCUT2D eigenvalue weighted by molar-refractivity contribution is -0.114. The summed E-state index contributed by atoms with van der Waals surface area (Å²) < 4.78 is 5.67. The van der Waals surface area contributed by atoms with Gasteiger partial charge in [-0.15, -0.1) is 0 Å². The van der Waals surface area contributed by atoms with Gasteiger partial charge in [-0.3, -0.25) is 4.79 Å².